The van der Waals surface area contributed by atoms with Crippen molar-refractivity contribution in [3.05, 3.63) is 23.5 Å². The Kier molecular flexibility index (Phi) is 1.40. The van der Waals surface area contributed by atoms with Gasteiger partial charge in [0.2, 0.25) is 0 Å². The molecule has 0 saturated carbocycles. The Morgan fingerprint density at radius 1 is 1.50 bits per heavy atom. The Morgan fingerprint density at radius 3 is 3.00 bits per heavy atom. The van der Waals surface area contributed by atoms with Gasteiger partial charge in [-0.05, 0) is 18.6 Å². The minimum absolute atomic E-state index is 0.197. The molecule has 2 heterocycles. The summed E-state index contributed by atoms with van der Waals surface area (Å²) in [5.74, 6) is 0. The van der Waals surface area contributed by atoms with Crippen molar-refractivity contribution < 1.29 is 0 Å². The highest BCUT2D eigenvalue weighted by molar-refractivity contribution is 5.57. The third kappa shape index (κ3) is 0.986. The van der Waals surface area contributed by atoms with Gasteiger partial charge in [0, 0.05) is 18.2 Å². The second-order valence-corrected chi connectivity index (χ2v) is 4.15. The highest BCUT2D eigenvalue weighted by atomic mass is 15.0. The summed E-state index contributed by atoms with van der Waals surface area (Å²) in [6, 6.07) is 2.16. The summed E-state index contributed by atoms with van der Waals surface area (Å²) in [5, 5.41) is 3.37. The molecule has 0 radical (unpaired) electrons. The monoisotopic (exact) mass is 162 g/mol. The quantitative estimate of drug-likeness (QED) is 0.632. The lowest BCUT2D eigenvalue weighted by molar-refractivity contribution is 0.568. The molecule has 0 aromatic carbocycles. The molecule has 0 aliphatic carbocycles. The van der Waals surface area contributed by atoms with Gasteiger partial charge in [-0.1, -0.05) is 13.8 Å². The number of anilines is 1. The number of pyridine rings is 1. The van der Waals surface area contributed by atoms with Crippen molar-refractivity contribution in [3.63, 3.8) is 0 Å². The smallest absolute Gasteiger partial charge is 0.0708 e. The van der Waals surface area contributed by atoms with Crippen LogP contribution in [0.25, 0.3) is 0 Å². The first-order chi connectivity index (χ1) is 5.59. The summed E-state index contributed by atoms with van der Waals surface area (Å²) < 4.78 is 0. The van der Waals surface area contributed by atoms with E-state index in [1.807, 2.05) is 6.20 Å². The fourth-order valence-electron chi connectivity index (χ4n) is 1.64. The average Bonchev–Trinajstić information content (AvgIpc) is 2.27. The number of aryl methyl sites for hydroxylation is 1. The molecular weight excluding hydrogens is 148 g/mol. The van der Waals surface area contributed by atoms with Gasteiger partial charge in [0.25, 0.3) is 0 Å². The lowest BCUT2D eigenvalue weighted by Crippen LogP contribution is -2.19. The maximum Gasteiger partial charge on any atom is 0.0708 e. The normalized spacial score (nSPS) is 18.6. The number of fused-ring (bicyclic) bond motifs is 1. The van der Waals surface area contributed by atoms with Crippen LogP contribution < -0.4 is 5.32 Å². The van der Waals surface area contributed by atoms with Crippen LogP contribution in [0.5, 0.6) is 0 Å². The van der Waals surface area contributed by atoms with Gasteiger partial charge >= 0.3 is 0 Å². The van der Waals surface area contributed by atoms with E-state index in [1.165, 1.54) is 16.9 Å². The molecule has 12 heavy (non-hydrogen) atoms. The highest BCUT2D eigenvalue weighted by Crippen LogP contribution is 2.34. The Bertz CT molecular complexity index is 316. The van der Waals surface area contributed by atoms with E-state index in [4.69, 9.17) is 0 Å². The van der Waals surface area contributed by atoms with Crippen molar-refractivity contribution >= 4 is 5.69 Å². The molecule has 0 amide bonds. The van der Waals surface area contributed by atoms with E-state index in [2.05, 4.69) is 37.1 Å². The van der Waals surface area contributed by atoms with Crippen LogP contribution >= 0.6 is 0 Å². The SMILES string of the molecule is Cc1cnc2c(c1)NCC2(C)C. The van der Waals surface area contributed by atoms with E-state index in [0.29, 0.717) is 0 Å². The van der Waals surface area contributed by atoms with Crippen LogP contribution in [0.3, 0.4) is 0 Å². The van der Waals surface area contributed by atoms with Gasteiger partial charge in [-0.15, -0.1) is 0 Å². The van der Waals surface area contributed by atoms with Crippen molar-refractivity contribution in [1.29, 1.82) is 0 Å². The molecule has 1 N–H and O–H groups in total. The molecule has 0 saturated heterocycles. The third-order valence-corrected chi connectivity index (χ3v) is 2.39. The zero-order valence-electron chi connectivity index (χ0n) is 7.81. The summed E-state index contributed by atoms with van der Waals surface area (Å²) in [7, 11) is 0. The zero-order valence-corrected chi connectivity index (χ0v) is 7.81. The lowest BCUT2D eigenvalue weighted by Gasteiger charge is -2.15. The van der Waals surface area contributed by atoms with Crippen LogP contribution in [-0.4, -0.2) is 11.5 Å². The van der Waals surface area contributed by atoms with Gasteiger partial charge < -0.3 is 5.32 Å². The number of hydrogen-bond acceptors (Lipinski definition) is 2. The fourth-order valence-corrected chi connectivity index (χ4v) is 1.64. The summed E-state index contributed by atoms with van der Waals surface area (Å²) >= 11 is 0. The lowest BCUT2D eigenvalue weighted by atomic mass is 9.91. The van der Waals surface area contributed by atoms with Crippen molar-refractivity contribution in [1.82, 2.24) is 4.98 Å². The van der Waals surface area contributed by atoms with Gasteiger partial charge in [-0.3, -0.25) is 4.98 Å². The molecule has 0 spiro atoms. The Balaban J connectivity index is 2.55. The molecule has 2 nitrogen and oxygen atoms in total. The van der Waals surface area contributed by atoms with Crippen molar-refractivity contribution in [2.24, 2.45) is 0 Å². The maximum atomic E-state index is 4.45. The topological polar surface area (TPSA) is 24.9 Å². The maximum absolute atomic E-state index is 4.45. The molecule has 2 heteroatoms. The molecule has 1 aromatic rings. The van der Waals surface area contributed by atoms with Crippen LogP contribution in [-0.2, 0) is 5.41 Å². The van der Waals surface area contributed by atoms with Gasteiger partial charge in [0.1, 0.15) is 0 Å². The van der Waals surface area contributed by atoms with Gasteiger partial charge in [0.15, 0.2) is 0 Å². The molecule has 1 aliphatic heterocycles. The summed E-state index contributed by atoms with van der Waals surface area (Å²) in [6.45, 7) is 7.50. The first kappa shape index (κ1) is 7.59. The van der Waals surface area contributed by atoms with Crippen molar-refractivity contribution in [3.8, 4) is 0 Å². The van der Waals surface area contributed by atoms with E-state index in [0.717, 1.165) is 6.54 Å². The van der Waals surface area contributed by atoms with Crippen molar-refractivity contribution in [2.75, 3.05) is 11.9 Å². The first-order valence-electron chi connectivity index (χ1n) is 4.30. The largest absolute Gasteiger partial charge is 0.383 e. The molecule has 0 unspecified atom stereocenters. The Labute approximate surface area is 73.0 Å². The highest BCUT2D eigenvalue weighted by Gasteiger charge is 2.30. The van der Waals surface area contributed by atoms with Crippen LogP contribution in [0, 0.1) is 6.92 Å². The van der Waals surface area contributed by atoms with Crippen LogP contribution in [0.2, 0.25) is 0 Å². The average molecular weight is 162 g/mol. The molecule has 64 valence electrons. The molecule has 1 aliphatic rings. The predicted molar refractivity (Wildman–Crippen MR) is 50.5 cm³/mol. The minimum atomic E-state index is 0.197. The summed E-state index contributed by atoms with van der Waals surface area (Å²) in [5.41, 5.74) is 3.83. The second kappa shape index (κ2) is 2.22. The number of rotatable bonds is 0. The standard InChI is InChI=1S/C10H14N2/c1-7-4-8-9(11-5-7)10(2,3)6-12-8/h4-5,12H,6H2,1-3H3. The zero-order chi connectivity index (χ0) is 8.77. The van der Waals surface area contributed by atoms with Crippen LogP contribution in [0.15, 0.2) is 12.3 Å². The molecule has 0 fully saturated rings. The van der Waals surface area contributed by atoms with Crippen LogP contribution in [0.1, 0.15) is 25.1 Å². The Morgan fingerprint density at radius 2 is 2.25 bits per heavy atom. The summed E-state index contributed by atoms with van der Waals surface area (Å²) in [6.07, 6.45) is 1.94. The van der Waals surface area contributed by atoms with Gasteiger partial charge in [0.05, 0.1) is 11.4 Å². The number of nitrogens with zero attached hydrogens (tertiary/aromatic N) is 1. The molecule has 1 aromatic heterocycles. The fraction of sp³-hybridized carbons (Fsp3) is 0.500. The number of hydrogen-bond donors (Lipinski definition) is 1. The van der Waals surface area contributed by atoms with Gasteiger partial charge in [-0.25, -0.2) is 0 Å². The van der Waals surface area contributed by atoms with E-state index in [9.17, 15) is 0 Å². The first-order valence-corrected chi connectivity index (χ1v) is 4.30. The molecule has 0 bridgehead atoms. The Hall–Kier alpha value is -1.05. The van der Waals surface area contributed by atoms with E-state index in [1.54, 1.807) is 0 Å². The molecular formula is C10H14N2. The minimum Gasteiger partial charge on any atom is -0.383 e. The van der Waals surface area contributed by atoms with Gasteiger partial charge in [-0.2, -0.15) is 0 Å². The summed E-state index contributed by atoms with van der Waals surface area (Å²) in [4.78, 5) is 4.45. The second-order valence-electron chi connectivity index (χ2n) is 4.15. The molecule has 2 rings (SSSR count). The molecule has 0 atom stereocenters. The third-order valence-electron chi connectivity index (χ3n) is 2.39. The van der Waals surface area contributed by atoms with Crippen molar-refractivity contribution in [2.45, 2.75) is 26.2 Å². The van der Waals surface area contributed by atoms with Crippen LogP contribution in [0.4, 0.5) is 5.69 Å². The number of aromatic nitrogens is 1. The van der Waals surface area contributed by atoms with E-state index >= 15 is 0 Å². The predicted octanol–water partition coefficient (Wildman–Crippen LogP) is 2.09. The van der Waals surface area contributed by atoms with E-state index < -0.39 is 0 Å². The van der Waals surface area contributed by atoms with E-state index in [-0.39, 0.29) is 5.41 Å². The number of nitrogens with one attached hydrogen (secondary N) is 1.